The zero-order chi connectivity index (χ0) is 21.6. The van der Waals surface area contributed by atoms with Crippen molar-refractivity contribution in [2.24, 2.45) is 5.10 Å². The molecular weight excluding hydrogens is 386 g/mol. The molecule has 0 saturated carbocycles. The van der Waals surface area contributed by atoms with E-state index < -0.39 is 0 Å². The Morgan fingerprint density at radius 3 is 2.03 bits per heavy atom. The van der Waals surface area contributed by atoms with Crippen molar-refractivity contribution in [1.29, 1.82) is 0 Å². The summed E-state index contributed by atoms with van der Waals surface area (Å²) in [6.07, 6.45) is 1.83. The third kappa shape index (κ3) is 4.95. The second-order valence-corrected chi connectivity index (χ2v) is 7.44. The maximum Gasteiger partial charge on any atom is 0.240 e. The summed E-state index contributed by atoms with van der Waals surface area (Å²) >= 11 is 0. The molecule has 0 fully saturated rings. The van der Waals surface area contributed by atoms with Crippen molar-refractivity contribution in [1.82, 2.24) is 5.43 Å². The van der Waals surface area contributed by atoms with Gasteiger partial charge >= 0.3 is 0 Å². The van der Waals surface area contributed by atoms with Crippen LogP contribution < -0.4 is 10.7 Å². The molecule has 2 N–H and O–H groups in total. The fraction of sp³-hybridized carbons (Fsp3) is 0.115. The summed E-state index contributed by atoms with van der Waals surface area (Å²) in [4.78, 5) is 24.2. The Morgan fingerprint density at radius 2 is 1.39 bits per heavy atom. The Hall–Kier alpha value is -3.99. The van der Waals surface area contributed by atoms with Crippen molar-refractivity contribution in [3.05, 3.63) is 90.0 Å². The van der Waals surface area contributed by atoms with Crippen LogP contribution in [0.2, 0.25) is 0 Å². The Bertz CT molecular complexity index is 1220. The molecule has 4 aromatic rings. The van der Waals surface area contributed by atoms with E-state index in [0.717, 1.165) is 38.4 Å². The van der Waals surface area contributed by atoms with Gasteiger partial charge in [-0.3, -0.25) is 9.59 Å². The molecule has 4 rings (SSSR count). The number of nitrogens with one attached hydrogen (secondary N) is 2. The van der Waals surface area contributed by atoms with Gasteiger partial charge in [0.25, 0.3) is 0 Å². The van der Waals surface area contributed by atoms with E-state index in [-0.39, 0.29) is 24.7 Å². The molecule has 31 heavy (non-hydrogen) atoms. The zero-order valence-electron chi connectivity index (χ0n) is 17.3. The molecule has 0 spiro atoms. The molecule has 0 heterocycles. The smallest absolute Gasteiger partial charge is 0.240 e. The first-order chi connectivity index (χ1) is 15.1. The van der Waals surface area contributed by atoms with Crippen molar-refractivity contribution in [3.63, 3.8) is 0 Å². The van der Waals surface area contributed by atoms with Crippen LogP contribution in [0.3, 0.4) is 0 Å². The molecule has 0 aliphatic heterocycles. The third-order valence-corrected chi connectivity index (χ3v) is 5.11. The average molecular weight is 409 g/mol. The topological polar surface area (TPSA) is 70.6 Å². The summed E-state index contributed by atoms with van der Waals surface area (Å²) in [6, 6.07) is 25.9. The van der Waals surface area contributed by atoms with Gasteiger partial charge in [0.15, 0.2) is 0 Å². The normalized spacial score (nSPS) is 11.1. The average Bonchev–Trinajstić information content (AvgIpc) is 2.79. The van der Waals surface area contributed by atoms with Crippen LogP contribution in [0.15, 0.2) is 84.0 Å². The Labute approximate surface area is 180 Å². The monoisotopic (exact) mass is 409 g/mol. The van der Waals surface area contributed by atoms with Gasteiger partial charge in [-0.2, -0.15) is 5.10 Å². The highest BCUT2D eigenvalue weighted by molar-refractivity contribution is 6.13. The van der Waals surface area contributed by atoms with E-state index >= 15 is 0 Å². The number of amides is 2. The lowest BCUT2D eigenvalue weighted by molar-refractivity contribution is -0.124. The predicted octanol–water partition coefficient (Wildman–Crippen LogP) is 5.17. The second kappa shape index (κ2) is 9.22. The van der Waals surface area contributed by atoms with Crippen molar-refractivity contribution in [2.45, 2.75) is 19.8 Å². The summed E-state index contributed by atoms with van der Waals surface area (Å²) in [5, 5.41) is 11.3. The Balaban J connectivity index is 1.40. The number of nitrogens with zero attached hydrogens (tertiary/aromatic N) is 1. The summed E-state index contributed by atoms with van der Waals surface area (Å²) in [5.41, 5.74) is 5.33. The van der Waals surface area contributed by atoms with E-state index in [2.05, 4.69) is 34.0 Å². The zero-order valence-corrected chi connectivity index (χ0v) is 17.3. The molecule has 0 aromatic heterocycles. The standard InChI is InChI=1S/C26H23N3O2/c1-18-10-12-21(13-11-18)28-25(30)14-15-26(31)29-27-17-24-22-8-4-2-6-19(22)16-20-7-3-5-9-23(20)24/h2-13,16-17H,14-15H2,1H3,(H,28,30)(H,29,31). The van der Waals surface area contributed by atoms with Crippen LogP contribution in [0.1, 0.15) is 24.0 Å². The number of fused-ring (bicyclic) bond motifs is 2. The van der Waals surface area contributed by atoms with Gasteiger partial charge in [0.1, 0.15) is 0 Å². The van der Waals surface area contributed by atoms with Gasteiger partial charge in [0, 0.05) is 24.1 Å². The van der Waals surface area contributed by atoms with Gasteiger partial charge in [-0.1, -0.05) is 66.2 Å². The molecule has 5 heteroatoms. The highest BCUT2D eigenvalue weighted by Gasteiger charge is 2.08. The quantitative estimate of drug-likeness (QED) is 0.262. The van der Waals surface area contributed by atoms with Crippen LogP contribution in [0, 0.1) is 6.92 Å². The van der Waals surface area contributed by atoms with E-state index in [1.165, 1.54) is 0 Å². The molecular formula is C26H23N3O2. The minimum atomic E-state index is -0.306. The van der Waals surface area contributed by atoms with Crippen molar-refractivity contribution < 1.29 is 9.59 Å². The predicted molar refractivity (Wildman–Crippen MR) is 126 cm³/mol. The van der Waals surface area contributed by atoms with Crippen LogP contribution in [0.25, 0.3) is 21.5 Å². The number of carbonyl (C=O) groups excluding carboxylic acids is 2. The molecule has 0 unspecified atom stereocenters. The largest absolute Gasteiger partial charge is 0.326 e. The minimum absolute atomic E-state index is 0.0608. The third-order valence-electron chi connectivity index (χ3n) is 5.11. The van der Waals surface area contributed by atoms with E-state index in [0.29, 0.717) is 0 Å². The van der Waals surface area contributed by atoms with E-state index in [1.54, 1.807) is 6.21 Å². The summed E-state index contributed by atoms with van der Waals surface area (Å²) in [6.45, 7) is 1.98. The first-order valence-electron chi connectivity index (χ1n) is 10.2. The molecule has 5 nitrogen and oxygen atoms in total. The molecule has 0 aliphatic carbocycles. The fourth-order valence-corrected chi connectivity index (χ4v) is 3.50. The maximum atomic E-state index is 12.2. The van der Waals surface area contributed by atoms with Gasteiger partial charge in [-0.15, -0.1) is 0 Å². The summed E-state index contributed by atoms with van der Waals surface area (Å²) in [5.74, 6) is -0.511. The Kier molecular flexibility index (Phi) is 6.03. The Morgan fingerprint density at radius 1 is 0.806 bits per heavy atom. The van der Waals surface area contributed by atoms with Crippen LogP contribution in [-0.2, 0) is 9.59 Å². The van der Waals surface area contributed by atoms with Gasteiger partial charge < -0.3 is 5.32 Å². The van der Waals surface area contributed by atoms with Crippen LogP contribution in [-0.4, -0.2) is 18.0 Å². The van der Waals surface area contributed by atoms with Crippen LogP contribution in [0.5, 0.6) is 0 Å². The number of hydrazone groups is 1. The van der Waals surface area contributed by atoms with Gasteiger partial charge in [0.2, 0.25) is 11.8 Å². The molecule has 2 amide bonds. The summed E-state index contributed by atoms with van der Waals surface area (Å²) < 4.78 is 0. The lowest BCUT2D eigenvalue weighted by atomic mass is 9.97. The fourth-order valence-electron chi connectivity index (χ4n) is 3.50. The van der Waals surface area contributed by atoms with Crippen LogP contribution in [0.4, 0.5) is 5.69 Å². The molecule has 4 aromatic carbocycles. The number of rotatable bonds is 6. The lowest BCUT2D eigenvalue weighted by Crippen LogP contribution is -2.20. The van der Waals surface area contributed by atoms with Crippen LogP contribution >= 0.6 is 0 Å². The second-order valence-electron chi connectivity index (χ2n) is 7.44. The van der Waals surface area contributed by atoms with E-state index in [9.17, 15) is 9.59 Å². The first-order valence-corrected chi connectivity index (χ1v) is 10.2. The molecule has 0 radical (unpaired) electrons. The highest BCUT2D eigenvalue weighted by Crippen LogP contribution is 2.27. The molecule has 0 saturated heterocycles. The lowest BCUT2D eigenvalue weighted by Gasteiger charge is -2.08. The van der Waals surface area contributed by atoms with Gasteiger partial charge in [-0.05, 0) is 46.7 Å². The number of hydrogen-bond acceptors (Lipinski definition) is 3. The maximum absolute atomic E-state index is 12.2. The molecule has 0 atom stereocenters. The highest BCUT2D eigenvalue weighted by atomic mass is 16.2. The van der Waals surface area contributed by atoms with Gasteiger partial charge in [0.05, 0.1) is 6.21 Å². The van der Waals surface area contributed by atoms with E-state index in [4.69, 9.17) is 0 Å². The van der Waals surface area contributed by atoms with E-state index in [1.807, 2.05) is 67.6 Å². The van der Waals surface area contributed by atoms with Crippen molar-refractivity contribution >= 4 is 45.3 Å². The van der Waals surface area contributed by atoms with Crippen molar-refractivity contribution in [2.75, 3.05) is 5.32 Å². The number of anilines is 1. The number of aryl methyl sites for hydroxylation is 1. The molecule has 0 bridgehead atoms. The van der Waals surface area contributed by atoms with Crippen molar-refractivity contribution in [3.8, 4) is 0 Å². The first kappa shape index (κ1) is 20.3. The molecule has 0 aliphatic rings. The summed E-state index contributed by atoms with van der Waals surface area (Å²) in [7, 11) is 0. The number of benzene rings is 4. The number of carbonyl (C=O) groups is 2. The number of hydrogen-bond donors (Lipinski definition) is 2. The molecule has 154 valence electrons. The van der Waals surface area contributed by atoms with Gasteiger partial charge in [-0.25, -0.2) is 5.43 Å². The SMILES string of the molecule is Cc1ccc(NC(=O)CCC(=O)NN=Cc2c3ccccc3cc3ccccc23)cc1. The minimum Gasteiger partial charge on any atom is -0.326 e.